The van der Waals surface area contributed by atoms with Gasteiger partial charge in [-0.05, 0) is 130 Å². The summed E-state index contributed by atoms with van der Waals surface area (Å²) in [4.78, 5) is 31.9. The number of nitrogens with zero attached hydrogens (tertiary/aromatic N) is 4. The van der Waals surface area contributed by atoms with Crippen molar-refractivity contribution in [1.82, 2.24) is 30.8 Å². The Hall–Kier alpha value is -5.64. The van der Waals surface area contributed by atoms with Crippen LogP contribution in [-0.4, -0.2) is 126 Å². The van der Waals surface area contributed by atoms with Gasteiger partial charge < -0.3 is 46.0 Å². The summed E-state index contributed by atoms with van der Waals surface area (Å²) in [7, 11) is 2.00. The fourth-order valence-electron chi connectivity index (χ4n) is 12.6. The summed E-state index contributed by atoms with van der Waals surface area (Å²) < 4.78 is 45.0. The van der Waals surface area contributed by atoms with Gasteiger partial charge >= 0.3 is 0 Å². The lowest BCUT2D eigenvalue weighted by molar-refractivity contribution is -0.140. The Balaban J connectivity index is 0.754. The van der Waals surface area contributed by atoms with Gasteiger partial charge in [-0.1, -0.05) is 42.7 Å². The van der Waals surface area contributed by atoms with Gasteiger partial charge in [-0.15, -0.1) is 0 Å². The second-order valence-corrected chi connectivity index (χ2v) is 20.7. The van der Waals surface area contributed by atoms with Gasteiger partial charge in [0.05, 0.1) is 17.9 Å². The molecule has 1 saturated carbocycles. The van der Waals surface area contributed by atoms with Gasteiger partial charge in [0.15, 0.2) is 23.5 Å². The minimum Gasteiger partial charge on any atom is -0.488 e. The molecule has 16 heteroatoms. The average Bonchev–Trinajstić information content (AvgIpc) is 3.87. The number of aliphatic hydroxyl groups excluding tert-OH is 2. The minimum absolute atomic E-state index is 0.114. The zero-order valence-electron chi connectivity index (χ0n) is 41.8. The summed E-state index contributed by atoms with van der Waals surface area (Å²) in [5, 5.41) is 28.5. The molecule has 5 atom stereocenters. The van der Waals surface area contributed by atoms with E-state index in [0.717, 1.165) is 87.9 Å². The first-order valence-corrected chi connectivity index (χ1v) is 25.8. The molecule has 3 fully saturated rings. The molecule has 2 unspecified atom stereocenters. The molecule has 3 aromatic carbocycles. The highest BCUT2D eigenvalue weighted by atomic mass is 19.1. The van der Waals surface area contributed by atoms with E-state index in [9.17, 15) is 19.8 Å². The van der Waals surface area contributed by atoms with Crippen LogP contribution in [0.15, 0.2) is 77.7 Å². The molecular weight excluding hydrogens is 919 g/mol. The molecule has 5 aliphatic heterocycles. The lowest BCUT2D eigenvalue weighted by atomic mass is 9.75. The number of ether oxygens (including phenoxy) is 2. The molecule has 0 bridgehead atoms. The fourth-order valence-corrected chi connectivity index (χ4v) is 12.6. The Bertz CT molecular complexity index is 2770. The van der Waals surface area contributed by atoms with E-state index in [1.165, 1.54) is 29.3 Å². The largest absolute Gasteiger partial charge is 0.488 e. The molecule has 2 saturated heterocycles. The van der Waals surface area contributed by atoms with Crippen molar-refractivity contribution in [3.8, 4) is 22.6 Å². The molecule has 382 valence electrons. The van der Waals surface area contributed by atoms with E-state index in [-0.39, 0.29) is 65.1 Å². The van der Waals surface area contributed by atoms with Crippen molar-refractivity contribution in [2.24, 2.45) is 11.7 Å². The number of benzene rings is 3. The lowest BCUT2D eigenvalue weighted by Crippen LogP contribution is -2.57. The summed E-state index contributed by atoms with van der Waals surface area (Å²) >= 11 is 0. The van der Waals surface area contributed by atoms with Gasteiger partial charge in [-0.25, -0.2) is 19.1 Å². The van der Waals surface area contributed by atoms with Crippen LogP contribution in [0, 0.1) is 24.5 Å². The molecule has 7 aliphatic rings. The zero-order chi connectivity index (χ0) is 50.4. The van der Waals surface area contributed by atoms with Crippen LogP contribution in [0.2, 0.25) is 0 Å². The van der Waals surface area contributed by atoms with E-state index in [0.29, 0.717) is 43.1 Å². The number of nitrogens with two attached hydrogens (primary N) is 1. The van der Waals surface area contributed by atoms with Crippen molar-refractivity contribution in [1.29, 1.82) is 0 Å². The molecule has 14 nitrogen and oxygen atoms in total. The van der Waals surface area contributed by atoms with E-state index in [4.69, 9.17) is 15.2 Å². The molecule has 2 amide bonds. The molecule has 3 aromatic rings. The van der Waals surface area contributed by atoms with Crippen LogP contribution in [0.1, 0.15) is 110 Å². The molecule has 0 radical (unpaired) electrons. The lowest BCUT2D eigenvalue weighted by Gasteiger charge is -2.44. The molecule has 2 aliphatic carbocycles. The first kappa shape index (κ1) is 49.9. The smallest absolute Gasteiger partial charge is 0.249 e. The van der Waals surface area contributed by atoms with E-state index >= 15 is 8.78 Å². The van der Waals surface area contributed by atoms with Gasteiger partial charge in [0, 0.05) is 92.0 Å². The molecule has 5 heterocycles. The zero-order valence-corrected chi connectivity index (χ0v) is 41.8. The number of anilines is 1. The van der Waals surface area contributed by atoms with Gasteiger partial charge in [-0.3, -0.25) is 14.5 Å². The summed E-state index contributed by atoms with van der Waals surface area (Å²) in [6, 6.07) is 11.9. The highest BCUT2D eigenvalue weighted by molar-refractivity contribution is 6.01. The topological polar surface area (TPSA) is 168 Å². The molecule has 7 N–H and O–H groups in total. The number of hydrogen-bond acceptors (Lipinski definition) is 12. The van der Waals surface area contributed by atoms with Gasteiger partial charge in [-0.2, -0.15) is 0 Å². The van der Waals surface area contributed by atoms with Gasteiger partial charge in [0.2, 0.25) is 11.8 Å². The predicted molar refractivity (Wildman–Crippen MR) is 272 cm³/mol. The maximum Gasteiger partial charge on any atom is 0.249 e. The van der Waals surface area contributed by atoms with Crippen LogP contribution in [0.3, 0.4) is 0 Å². The Morgan fingerprint density at radius 2 is 1.85 bits per heavy atom. The highest BCUT2D eigenvalue weighted by Gasteiger charge is 2.51. The molecule has 0 spiro atoms. The standard InChI is InChI=1S/C56H68F2N8O6/c1-33-44(57)31-47-50(49(33)51-43(53(59)69)16-17-46(52(51)58)71-29-28-67)34(2)56(72-47,39-8-6-5-7-9-39)32-60-40-13-10-36(11-14-40)35(3)64-25-20-41(21-26-64)65-23-18-37(19-24-65)38-12-15-42-45(30-38)63(4)62-54(42)66-27-22-48(68)61-55(66)70/h5-6,8,12,15-18,30-31,34-36,40-41,54-55,60,62,67,70H,10-11,13-14,19-29,32H2,1-4H3,(H2,59,69)(H,61,68)/t34-,35-,36?,40?,54?,55?,56-/m0/s1. The van der Waals surface area contributed by atoms with Crippen molar-refractivity contribution in [2.75, 3.05) is 64.5 Å². The molecule has 72 heavy (non-hydrogen) atoms. The normalized spacial score (nSPS) is 27.2. The number of allylic oxidation sites excluding steroid dienone is 2. The second-order valence-electron chi connectivity index (χ2n) is 20.7. The number of piperidine rings is 1. The first-order valence-electron chi connectivity index (χ1n) is 25.8. The number of fused-ring (bicyclic) bond motifs is 2. The SMILES string of the molecule is Cc1c(F)cc2c(c1-c1c(C(N)=O)ccc(OCCO)c1F)[C@H](C)[C@@](CNC1CCC([C@H](C)N3CCC(N4CC=C(c5ccc6c(c5)N(C)NC6N5CCC(=O)NC5O)CC4)CC3)CC1)(C1=C=C=CC=C1)O2. The molecule has 10 rings (SSSR count). The van der Waals surface area contributed by atoms with Crippen LogP contribution in [-0.2, 0) is 4.79 Å². The monoisotopic (exact) mass is 987 g/mol. The van der Waals surface area contributed by atoms with Crippen molar-refractivity contribution >= 4 is 23.1 Å². The van der Waals surface area contributed by atoms with E-state index < -0.39 is 35.4 Å². The Labute approximate surface area is 420 Å². The number of hydrogen-bond donors (Lipinski definition) is 6. The third-order valence-electron chi connectivity index (χ3n) is 16.9. The number of likely N-dealkylation sites (tertiary alicyclic amines) is 1. The second kappa shape index (κ2) is 20.7. The van der Waals surface area contributed by atoms with Crippen LogP contribution in [0.25, 0.3) is 16.7 Å². The van der Waals surface area contributed by atoms with Crippen molar-refractivity contribution < 1.29 is 38.1 Å². The number of amides is 2. The van der Waals surface area contributed by atoms with Crippen LogP contribution < -0.4 is 36.3 Å². The van der Waals surface area contributed by atoms with Gasteiger partial charge in [0.25, 0.3) is 0 Å². The fraction of sp³-hybridized carbons (Fsp3) is 0.500. The van der Waals surface area contributed by atoms with Crippen LogP contribution in [0.4, 0.5) is 14.5 Å². The summed E-state index contributed by atoms with van der Waals surface area (Å²) in [5.41, 5.74) is 20.7. The number of nitrogens with one attached hydrogen (secondary N) is 3. The first-order chi connectivity index (χ1) is 34.8. The van der Waals surface area contributed by atoms with Crippen molar-refractivity contribution in [3.63, 3.8) is 0 Å². The number of hydrazine groups is 1. The third-order valence-corrected chi connectivity index (χ3v) is 16.9. The summed E-state index contributed by atoms with van der Waals surface area (Å²) in [6.07, 6.45) is 14.6. The van der Waals surface area contributed by atoms with E-state index in [2.05, 4.69) is 68.5 Å². The number of carbonyl (C=O) groups excluding carboxylic acids is 2. The Kier molecular flexibility index (Phi) is 14.4. The summed E-state index contributed by atoms with van der Waals surface area (Å²) in [6.45, 7) is 10.5. The molecule has 0 aromatic heterocycles. The maximum absolute atomic E-state index is 16.6. The highest BCUT2D eigenvalue weighted by Crippen LogP contribution is 2.54. The maximum atomic E-state index is 16.6. The number of primary amides is 1. The van der Waals surface area contributed by atoms with E-state index in [1.807, 2.05) is 36.0 Å². The Morgan fingerprint density at radius 3 is 2.54 bits per heavy atom. The Morgan fingerprint density at radius 1 is 1.06 bits per heavy atom. The molecular formula is C56H68F2N8O6. The minimum atomic E-state index is -1.06. The number of halogens is 2. The number of carbonyl (C=O) groups is 2. The van der Waals surface area contributed by atoms with Crippen LogP contribution in [0.5, 0.6) is 11.5 Å². The number of rotatable bonds is 14. The number of aliphatic hydroxyl groups is 2. The van der Waals surface area contributed by atoms with Gasteiger partial charge in [0.1, 0.15) is 24.3 Å². The van der Waals surface area contributed by atoms with E-state index in [1.54, 1.807) is 13.0 Å². The quantitative estimate of drug-likeness (QED) is 0.100. The third kappa shape index (κ3) is 9.34. The van der Waals surface area contributed by atoms with Crippen LogP contribution >= 0.6 is 0 Å². The summed E-state index contributed by atoms with van der Waals surface area (Å²) in [5.74, 6) is -2.29. The van der Waals surface area contributed by atoms with Crippen molar-refractivity contribution in [2.45, 2.75) is 114 Å². The average molecular weight is 987 g/mol. The predicted octanol–water partition coefficient (Wildman–Crippen LogP) is 6.29. The van der Waals surface area contributed by atoms with Crippen molar-refractivity contribution in [3.05, 3.63) is 117 Å².